The Morgan fingerprint density at radius 3 is 2.53 bits per heavy atom. The molecule has 2 N–H and O–H groups in total. The minimum atomic E-state index is -3.51. The largest absolute Gasteiger partial charge is 0.481 e. The van der Waals surface area contributed by atoms with E-state index in [1.807, 2.05) is 0 Å². The molecule has 1 aromatic carbocycles. The summed E-state index contributed by atoms with van der Waals surface area (Å²) in [4.78, 5) is 10.7. The molecule has 0 aromatic heterocycles. The Bertz CT molecular complexity index is 515. The van der Waals surface area contributed by atoms with Crippen molar-refractivity contribution < 1.29 is 18.3 Å². The van der Waals surface area contributed by atoms with Gasteiger partial charge >= 0.3 is 5.97 Å². The molecule has 17 heavy (non-hydrogen) atoms. The van der Waals surface area contributed by atoms with Gasteiger partial charge in [0.15, 0.2) is 0 Å². The Hall–Kier alpha value is -1.11. The summed E-state index contributed by atoms with van der Waals surface area (Å²) in [6.45, 7) is 0. The van der Waals surface area contributed by atoms with E-state index < -0.39 is 22.0 Å². The highest BCUT2D eigenvalue weighted by atomic mass is 35.5. The second kappa shape index (κ2) is 5.48. The first-order chi connectivity index (χ1) is 7.79. The van der Waals surface area contributed by atoms with Gasteiger partial charge in [-0.2, -0.15) is 0 Å². The van der Waals surface area contributed by atoms with Gasteiger partial charge in [-0.1, -0.05) is 29.8 Å². The highest BCUT2D eigenvalue weighted by Gasteiger charge is 2.21. The van der Waals surface area contributed by atoms with Crippen LogP contribution >= 0.6 is 11.6 Å². The highest BCUT2D eigenvalue weighted by Crippen LogP contribution is 2.25. The van der Waals surface area contributed by atoms with Crippen molar-refractivity contribution in [3.63, 3.8) is 0 Å². The number of sulfonamides is 1. The third kappa shape index (κ3) is 4.72. The Morgan fingerprint density at radius 1 is 1.47 bits per heavy atom. The van der Waals surface area contributed by atoms with E-state index in [9.17, 15) is 13.2 Å². The number of carboxylic acid groups (broad SMARTS) is 1. The number of halogens is 1. The molecule has 7 heteroatoms. The van der Waals surface area contributed by atoms with Crippen LogP contribution in [0.4, 0.5) is 0 Å². The van der Waals surface area contributed by atoms with Crippen molar-refractivity contribution in [1.82, 2.24) is 4.72 Å². The van der Waals surface area contributed by atoms with Crippen LogP contribution in [0, 0.1) is 0 Å². The predicted molar refractivity (Wildman–Crippen MR) is 64.4 cm³/mol. The van der Waals surface area contributed by atoms with E-state index in [4.69, 9.17) is 16.7 Å². The van der Waals surface area contributed by atoms with E-state index >= 15 is 0 Å². The lowest BCUT2D eigenvalue weighted by Crippen LogP contribution is -2.29. The van der Waals surface area contributed by atoms with Crippen LogP contribution < -0.4 is 4.72 Å². The van der Waals surface area contributed by atoms with E-state index in [0.29, 0.717) is 10.6 Å². The topological polar surface area (TPSA) is 83.5 Å². The van der Waals surface area contributed by atoms with Crippen LogP contribution in [-0.4, -0.2) is 25.7 Å². The number of benzene rings is 1. The Labute approximate surface area is 104 Å². The van der Waals surface area contributed by atoms with Crippen molar-refractivity contribution in [3.05, 3.63) is 34.9 Å². The fourth-order valence-corrected chi connectivity index (χ4v) is 2.40. The number of nitrogens with one attached hydrogen (secondary N) is 1. The number of aliphatic carboxylic acids is 1. The van der Waals surface area contributed by atoms with Gasteiger partial charge in [0.1, 0.15) is 0 Å². The van der Waals surface area contributed by atoms with Crippen molar-refractivity contribution in [2.24, 2.45) is 0 Å². The van der Waals surface area contributed by atoms with Gasteiger partial charge in [-0.3, -0.25) is 4.79 Å². The number of hydrogen-bond donors (Lipinski definition) is 2. The molecular weight excluding hydrogens is 266 g/mol. The molecule has 0 aliphatic carbocycles. The fraction of sp³-hybridized carbons (Fsp3) is 0.300. The van der Waals surface area contributed by atoms with Gasteiger partial charge in [0, 0.05) is 5.02 Å². The Balaban J connectivity index is 3.06. The van der Waals surface area contributed by atoms with E-state index in [2.05, 4.69) is 4.72 Å². The van der Waals surface area contributed by atoms with Crippen LogP contribution in [0.2, 0.25) is 5.02 Å². The van der Waals surface area contributed by atoms with Gasteiger partial charge in [0.05, 0.1) is 18.7 Å². The van der Waals surface area contributed by atoms with Gasteiger partial charge in [0.2, 0.25) is 10.0 Å². The predicted octanol–water partition coefficient (Wildman–Crippen LogP) is 1.40. The van der Waals surface area contributed by atoms with Gasteiger partial charge in [-0.15, -0.1) is 0 Å². The molecule has 0 saturated carbocycles. The molecule has 0 aliphatic rings. The zero-order chi connectivity index (χ0) is 13.1. The maximum atomic E-state index is 11.2. The maximum Gasteiger partial charge on any atom is 0.305 e. The Morgan fingerprint density at radius 2 is 2.06 bits per heavy atom. The highest BCUT2D eigenvalue weighted by molar-refractivity contribution is 7.88. The fourth-order valence-electron chi connectivity index (χ4n) is 1.41. The molecule has 0 amide bonds. The molecule has 5 nitrogen and oxygen atoms in total. The van der Waals surface area contributed by atoms with E-state index in [-0.39, 0.29) is 6.42 Å². The molecule has 0 saturated heterocycles. The quantitative estimate of drug-likeness (QED) is 0.852. The molecular formula is C10H12ClNO4S. The molecule has 0 bridgehead atoms. The van der Waals surface area contributed by atoms with Crippen LogP contribution in [0.1, 0.15) is 18.0 Å². The van der Waals surface area contributed by atoms with Crippen LogP contribution in [0.25, 0.3) is 0 Å². The zero-order valence-corrected chi connectivity index (χ0v) is 10.6. The summed E-state index contributed by atoms with van der Waals surface area (Å²) in [6, 6.07) is 5.66. The number of carbonyl (C=O) groups is 1. The van der Waals surface area contributed by atoms with Gasteiger partial charge < -0.3 is 5.11 Å². The van der Waals surface area contributed by atoms with Gasteiger partial charge in [-0.05, 0) is 11.6 Å². The van der Waals surface area contributed by atoms with Crippen molar-refractivity contribution in [2.75, 3.05) is 6.26 Å². The van der Waals surface area contributed by atoms with Gasteiger partial charge in [-0.25, -0.2) is 13.1 Å². The second-order valence-corrected chi connectivity index (χ2v) is 5.75. The van der Waals surface area contributed by atoms with E-state index in [1.54, 1.807) is 24.3 Å². The van der Waals surface area contributed by atoms with Crippen molar-refractivity contribution in [2.45, 2.75) is 12.5 Å². The van der Waals surface area contributed by atoms with Crippen molar-refractivity contribution in [3.8, 4) is 0 Å². The van der Waals surface area contributed by atoms with Crippen molar-refractivity contribution in [1.29, 1.82) is 0 Å². The summed E-state index contributed by atoms with van der Waals surface area (Å²) in [6.07, 6.45) is 0.607. The molecule has 1 aromatic rings. The summed E-state index contributed by atoms with van der Waals surface area (Å²) in [7, 11) is -3.51. The van der Waals surface area contributed by atoms with E-state index in [1.165, 1.54) is 0 Å². The summed E-state index contributed by atoms with van der Waals surface area (Å²) >= 11 is 5.90. The average Bonchev–Trinajstić information content (AvgIpc) is 2.14. The lowest BCUT2D eigenvalue weighted by Gasteiger charge is -2.17. The first-order valence-electron chi connectivity index (χ1n) is 4.73. The number of rotatable bonds is 5. The lowest BCUT2D eigenvalue weighted by atomic mass is 10.1. The lowest BCUT2D eigenvalue weighted by molar-refractivity contribution is -0.137. The third-order valence-corrected chi connectivity index (χ3v) is 3.07. The SMILES string of the molecule is CS(=O)(=O)N[C@H](CC(=O)O)c1ccccc1Cl. The second-order valence-electron chi connectivity index (χ2n) is 3.56. The maximum absolute atomic E-state index is 11.2. The minimum Gasteiger partial charge on any atom is -0.481 e. The monoisotopic (exact) mass is 277 g/mol. The summed E-state index contributed by atoms with van der Waals surface area (Å²) in [5, 5.41) is 9.08. The number of carboxylic acids is 1. The molecule has 94 valence electrons. The third-order valence-electron chi connectivity index (χ3n) is 2.02. The normalized spacial score (nSPS) is 13.3. The standard InChI is InChI=1S/C10H12ClNO4S/c1-17(15,16)12-9(6-10(13)14)7-4-2-3-5-8(7)11/h2-5,9,12H,6H2,1H3,(H,13,14)/t9-/m1/s1. The molecule has 0 unspecified atom stereocenters. The molecule has 0 heterocycles. The van der Waals surface area contributed by atoms with E-state index in [0.717, 1.165) is 6.26 Å². The molecule has 1 rings (SSSR count). The smallest absolute Gasteiger partial charge is 0.305 e. The first kappa shape index (κ1) is 14.0. The molecule has 0 radical (unpaired) electrons. The summed E-state index contributed by atoms with van der Waals surface area (Å²) in [5.74, 6) is -1.11. The first-order valence-corrected chi connectivity index (χ1v) is 7.00. The zero-order valence-electron chi connectivity index (χ0n) is 9.05. The van der Waals surface area contributed by atoms with Crippen LogP contribution in [0.5, 0.6) is 0 Å². The van der Waals surface area contributed by atoms with Crippen molar-refractivity contribution >= 4 is 27.6 Å². The average molecular weight is 278 g/mol. The van der Waals surface area contributed by atoms with Crippen LogP contribution in [0.15, 0.2) is 24.3 Å². The molecule has 0 fully saturated rings. The summed E-state index contributed by atoms with van der Waals surface area (Å²) < 4.78 is 24.6. The van der Waals surface area contributed by atoms with Gasteiger partial charge in [0.25, 0.3) is 0 Å². The van der Waals surface area contributed by atoms with Crippen LogP contribution in [-0.2, 0) is 14.8 Å². The number of hydrogen-bond acceptors (Lipinski definition) is 3. The molecule has 0 spiro atoms. The van der Waals surface area contributed by atoms with Crippen LogP contribution in [0.3, 0.4) is 0 Å². The minimum absolute atomic E-state index is 0.329. The molecule has 0 aliphatic heterocycles. The summed E-state index contributed by atoms with van der Waals surface area (Å²) in [5.41, 5.74) is 0.446. The Kier molecular flexibility index (Phi) is 4.50. The molecule has 1 atom stereocenters.